The molecule has 0 saturated carbocycles. The van der Waals surface area contributed by atoms with Crippen molar-refractivity contribution in [2.45, 2.75) is 32.1 Å². The van der Waals surface area contributed by atoms with Crippen LogP contribution in [0.5, 0.6) is 0 Å². The van der Waals surface area contributed by atoms with Crippen LogP contribution in [0, 0.1) is 20.8 Å². The topological polar surface area (TPSA) is 83.7 Å². The zero-order valence-electron chi connectivity index (χ0n) is 15.2. The quantitative estimate of drug-likeness (QED) is 0.809. The van der Waals surface area contributed by atoms with Crippen LogP contribution >= 0.6 is 0 Å². The van der Waals surface area contributed by atoms with E-state index >= 15 is 0 Å². The predicted molar refractivity (Wildman–Crippen MR) is 96.2 cm³/mol. The lowest BCUT2D eigenvalue weighted by molar-refractivity contribution is -0.131. The molecule has 0 unspecified atom stereocenters. The lowest BCUT2D eigenvalue weighted by Gasteiger charge is -2.34. The summed E-state index contributed by atoms with van der Waals surface area (Å²) in [6.45, 7) is 6.50. The number of carbonyl (C=O) groups excluding carboxylic acids is 1. The number of nitrogens with zero attached hydrogens (tertiary/aromatic N) is 3. The molecule has 0 aliphatic carbocycles. The fourth-order valence-corrected chi connectivity index (χ4v) is 4.95. The number of benzene rings is 1. The lowest BCUT2D eigenvalue weighted by Crippen LogP contribution is -2.51. The zero-order chi connectivity index (χ0) is 18.9. The summed E-state index contributed by atoms with van der Waals surface area (Å²) in [5.74, 6) is 0.314. The Hall–Kier alpha value is -2.19. The van der Waals surface area contributed by atoms with Crippen molar-refractivity contribution in [3.63, 3.8) is 0 Å². The zero-order valence-corrected chi connectivity index (χ0v) is 16.0. The van der Waals surface area contributed by atoms with E-state index in [-0.39, 0.29) is 23.9 Å². The maximum absolute atomic E-state index is 12.8. The molecule has 1 fully saturated rings. The molecule has 140 valence electrons. The highest BCUT2D eigenvalue weighted by atomic mass is 32.2. The van der Waals surface area contributed by atoms with E-state index < -0.39 is 10.0 Å². The third kappa shape index (κ3) is 3.52. The molecule has 0 atom stereocenters. The van der Waals surface area contributed by atoms with E-state index in [1.165, 1.54) is 4.31 Å². The summed E-state index contributed by atoms with van der Waals surface area (Å²) in [5.41, 5.74) is 2.45. The number of piperazine rings is 1. The second kappa shape index (κ2) is 7.20. The Bertz CT molecular complexity index is 893. The molecule has 8 heteroatoms. The average Bonchev–Trinajstić information content (AvgIpc) is 2.96. The van der Waals surface area contributed by atoms with Crippen molar-refractivity contribution in [1.29, 1.82) is 0 Å². The molecule has 26 heavy (non-hydrogen) atoms. The smallest absolute Gasteiger partial charge is 0.248 e. The molecule has 7 nitrogen and oxygen atoms in total. The number of carbonyl (C=O) groups is 1. The Kier molecular flexibility index (Phi) is 5.15. The van der Waals surface area contributed by atoms with Gasteiger partial charge in [0.15, 0.2) is 5.76 Å². The molecule has 2 aromatic rings. The van der Waals surface area contributed by atoms with Gasteiger partial charge in [-0.25, -0.2) is 8.42 Å². The Morgan fingerprint density at radius 3 is 2.35 bits per heavy atom. The van der Waals surface area contributed by atoms with Gasteiger partial charge in [0.1, 0.15) is 10.6 Å². The van der Waals surface area contributed by atoms with Gasteiger partial charge >= 0.3 is 0 Å². The van der Waals surface area contributed by atoms with Crippen LogP contribution in [-0.2, 0) is 21.2 Å². The van der Waals surface area contributed by atoms with E-state index in [4.69, 9.17) is 4.52 Å². The Balaban J connectivity index is 1.66. The highest BCUT2D eigenvalue weighted by Crippen LogP contribution is 2.24. The molecule has 0 N–H and O–H groups in total. The standard InChI is InChI=1S/C18H23N3O4S/c1-13-6-4-5-7-16(13)12-17(22)20-8-10-21(11-9-20)26(23,24)18-14(2)19-25-15(18)3/h4-7H,8-12H2,1-3H3. The summed E-state index contributed by atoms with van der Waals surface area (Å²) in [4.78, 5) is 14.4. The first-order chi connectivity index (χ1) is 12.3. The van der Waals surface area contributed by atoms with Crippen LogP contribution in [0.15, 0.2) is 33.7 Å². The maximum Gasteiger partial charge on any atom is 0.248 e. The Morgan fingerprint density at radius 2 is 1.77 bits per heavy atom. The van der Waals surface area contributed by atoms with Gasteiger partial charge in [-0.05, 0) is 31.9 Å². The van der Waals surface area contributed by atoms with Gasteiger partial charge < -0.3 is 9.42 Å². The first-order valence-electron chi connectivity index (χ1n) is 8.56. The highest BCUT2D eigenvalue weighted by Gasteiger charge is 2.34. The minimum absolute atomic E-state index is 0.0219. The van der Waals surface area contributed by atoms with E-state index in [2.05, 4.69) is 5.16 Å². The minimum atomic E-state index is -3.66. The number of aryl methyl sites for hydroxylation is 3. The van der Waals surface area contributed by atoms with Crippen LogP contribution in [0.4, 0.5) is 0 Å². The van der Waals surface area contributed by atoms with Gasteiger partial charge in [-0.3, -0.25) is 4.79 Å². The molecule has 0 bridgehead atoms. The van der Waals surface area contributed by atoms with Crippen molar-refractivity contribution in [3.8, 4) is 0 Å². The van der Waals surface area contributed by atoms with Gasteiger partial charge in [-0.2, -0.15) is 4.31 Å². The predicted octanol–water partition coefficient (Wildman–Crippen LogP) is 1.68. The monoisotopic (exact) mass is 377 g/mol. The van der Waals surface area contributed by atoms with Gasteiger partial charge in [-0.15, -0.1) is 0 Å². The van der Waals surface area contributed by atoms with E-state index in [0.717, 1.165) is 11.1 Å². The largest absolute Gasteiger partial charge is 0.360 e. The molecule has 3 rings (SSSR count). The van der Waals surface area contributed by atoms with Crippen LogP contribution in [0.25, 0.3) is 0 Å². The molecule has 2 heterocycles. The van der Waals surface area contributed by atoms with Crippen molar-refractivity contribution in [3.05, 3.63) is 46.8 Å². The summed E-state index contributed by atoms with van der Waals surface area (Å²) < 4.78 is 32.0. The van der Waals surface area contributed by atoms with Gasteiger partial charge in [0.05, 0.1) is 6.42 Å². The van der Waals surface area contributed by atoms with Crippen LogP contribution in [0.1, 0.15) is 22.6 Å². The van der Waals surface area contributed by atoms with Gasteiger partial charge in [0.2, 0.25) is 15.9 Å². The van der Waals surface area contributed by atoms with Crippen molar-refractivity contribution < 1.29 is 17.7 Å². The first kappa shape index (κ1) is 18.6. The van der Waals surface area contributed by atoms with Crippen LogP contribution in [0.3, 0.4) is 0 Å². The second-order valence-electron chi connectivity index (χ2n) is 6.54. The summed E-state index contributed by atoms with van der Waals surface area (Å²) in [6.07, 6.45) is 0.337. The van der Waals surface area contributed by atoms with Crippen LogP contribution in [-0.4, -0.2) is 54.9 Å². The number of hydrogen-bond donors (Lipinski definition) is 0. The summed E-state index contributed by atoms with van der Waals surface area (Å²) in [7, 11) is -3.66. The number of rotatable bonds is 4. The van der Waals surface area contributed by atoms with E-state index in [1.54, 1.807) is 18.7 Å². The number of hydrogen-bond acceptors (Lipinski definition) is 5. The summed E-state index contributed by atoms with van der Waals surface area (Å²) in [5, 5.41) is 3.73. The molecule has 0 spiro atoms. The Morgan fingerprint density at radius 1 is 1.12 bits per heavy atom. The van der Waals surface area contributed by atoms with E-state index in [1.807, 2.05) is 31.2 Å². The van der Waals surface area contributed by atoms with E-state index in [0.29, 0.717) is 31.0 Å². The maximum atomic E-state index is 12.8. The molecule has 1 amide bonds. The van der Waals surface area contributed by atoms with Crippen LogP contribution in [0.2, 0.25) is 0 Å². The van der Waals surface area contributed by atoms with Crippen molar-refractivity contribution in [2.24, 2.45) is 0 Å². The molecule has 1 aliphatic rings. The third-order valence-corrected chi connectivity index (χ3v) is 6.90. The normalized spacial score (nSPS) is 16.0. The fourth-order valence-electron chi connectivity index (χ4n) is 3.23. The molecule has 1 aromatic carbocycles. The molecule has 1 aliphatic heterocycles. The van der Waals surface area contributed by atoms with Gasteiger partial charge in [-0.1, -0.05) is 29.4 Å². The number of aromatic nitrogens is 1. The van der Waals surface area contributed by atoms with Crippen molar-refractivity contribution >= 4 is 15.9 Å². The Labute approximate surface area is 153 Å². The fraction of sp³-hybridized carbons (Fsp3) is 0.444. The molecule has 1 saturated heterocycles. The van der Waals surface area contributed by atoms with Gasteiger partial charge in [0.25, 0.3) is 0 Å². The minimum Gasteiger partial charge on any atom is -0.360 e. The summed E-state index contributed by atoms with van der Waals surface area (Å²) >= 11 is 0. The molecular weight excluding hydrogens is 354 g/mol. The number of sulfonamides is 1. The molecular formula is C18H23N3O4S. The lowest BCUT2D eigenvalue weighted by atomic mass is 10.1. The molecule has 0 radical (unpaired) electrons. The highest BCUT2D eigenvalue weighted by molar-refractivity contribution is 7.89. The molecule has 1 aromatic heterocycles. The first-order valence-corrected chi connectivity index (χ1v) is 10.00. The summed E-state index contributed by atoms with van der Waals surface area (Å²) in [6, 6.07) is 7.80. The van der Waals surface area contributed by atoms with Gasteiger partial charge in [0, 0.05) is 26.2 Å². The van der Waals surface area contributed by atoms with Crippen molar-refractivity contribution in [1.82, 2.24) is 14.4 Å². The average molecular weight is 377 g/mol. The van der Waals surface area contributed by atoms with Crippen LogP contribution < -0.4 is 0 Å². The second-order valence-corrected chi connectivity index (χ2v) is 8.42. The van der Waals surface area contributed by atoms with Crippen molar-refractivity contribution in [2.75, 3.05) is 26.2 Å². The third-order valence-electron chi connectivity index (χ3n) is 4.76. The number of amides is 1. The van der Waals surface area contributed by atoms with E-state index in [9.17, 15) is 13.2 Å². The SMILES string of the molecule is Cc1ccccc1CC(=O)N1CCN(S(=O)(=O)c2c(C)noc2C)CC1.